The molecule has 2 aromatic carbocycles. The molecule has 6 heteroatoms. The number of hydrogen-bond acceptors (Lipinski definition) is 3. The highest BCUT2D eigenvalue weighted by Crippen LogP contribution is 2.37. The fourth-order valence-electron chi connectivity index (χ4n) is 3.03. The Morgan fingerprint density at radius 2 is 1.81 bits per heavy atom. The Kier molecular flexibility index (Phi) is 4.31. The molecule has 0 atom stereocenters. The van der Waals surface area contributed by atoms with Crippen molar-refractivity contribution in [1.29, 1.82) is 0 Å². The summed E-state index contributed by atoms with van der Waals surface area (Å²) in [5.74, 6) is 0.837. The lowest BCUT2D eigenvalue weighted by molar-refractivity contribution is 1.12. The number of rotatable bonds is 3. The molecular weight excluding hydrogens is 367 g/mol. The molecule has 0 radical (unpaired) electrons. The number of para-hydroxylation sites is 1. The van der Waals surface area contributed by atoms with E-state index in [1.54, 1.807) is 18.5 Å². The van der Waals surface area contributed by atoms with Gasteiger partial charge in [-0.25, -0.2) is 4.98 Å². The van der Waals surface area contributed by atoms with Crippen LogP contribution in [-0.4, -0.2) is 14.4 Å². The first kappa shape index (κ1) is 16.9. The van der Waals surface area contributed by atoms with Gasteiger partial charge in [-0.2, -0.15) is 0 Å². The second-order valence-electron chi connectivity index (χ2n) is 6.13. The van der Waals surface area contributed by atoms with Crippen molar-refractivity contribution in [3.05, 3.63) is 76.2 Å². The van der Waals surface area contributed by atoms with Crippen molar-refractivity contribution in [1.82, 2.24) is 14.4 Å². The maximum absolute atomic E-state index is 6.45. The molecule has 0 spiro atoms. The van der Waals surface area contributed by atoms with E-state index < -0.39 is 0 Å². The third kappa shape index (κ3) is 2.91. The lowest BCUT2D eigenvalue weighted by atomic mass is 10.1. The van der Waals surface area contributed by atoms with Crippen LogP contribution in [0.4, 0.5) is 11.5 Å². The summed E-state index contributed by atoms with van der Waals surface area (Å²) in [6.45, 7) is 4.16. The Hall–Kier alpha value is -2.56. The minimum atomic E-state index is 0.554. The van der Waals surface area contributed by atoms with Crippen LogP contribution in [0.1, 0.15) is 11.1 Å². The molecule has 0 bridgehead atoms. The van der Waals surface area contributed by atoms with Crippen LogP contribution in [-0.2, 0) is 0 Å². The van der Waals surface area contributed by atoms with Crippen LogP contribution in [0.5, 0.6) is 0 Å². The van der Waals surface area contributed by atoms with Gasteiger partial charge in [-0.3, -0.25) is 9.38 Å². The van der Waals surface area contributed by atoms with Crippen molar-refractivity contribution in [2.24, 2.45) is 0 Å². The fraction of sp³-hybridized carbons (Fsp3) is 0.100. The number of fused-ring (bicyclic) bond motifs is 1. The van der Waals surface area contributed by atoms with E-state index in [2.05, 4.69) is 36.3 Å². The Morgan fingerprint density at radius 1 is 1.04 bits per heavy atom. The van der Waals surface area contributed by atoms with Crippen molar-refractivity contribution >= 4 is 40.4 Å². The van der Waals surface area contributed by atoms with Gasteiger partial charge in [-0.1, -0.05) is 41.4 Å². The maximum Gasteiger partial charge on any atom is 0.157 e. The molecule has 0 fully saturated rings. The zero-order valence-electron chi connectivity index (χ0n) is 14.3. The molecule has 2 heterocycles. The molecule has 2 aromatic heterocycles. The fourth-order valence-corrected chi connectivity index (χ4v) is 3.52. The minimum absolute atomic E-state index is 0.554. The lowest BCUT2D eigenvalue weighted by Gasteiger charge is -2.14. The summed E-state index contributed by atoms with van der Waals surface area (Å²) in [5, 5.41) is 4.70. The predicted molar refractivity (Wildman–Crippen MR) is 108 cm³/mol. The number of hydrogen-bond donors (Lipinski definition) is 1. The normalized spacial score (nSPS) is 11.1. The number of halogens is 2. The predicted octanol–water partition coefficient (Wildman–Crippen LogP) is 6.06. The van der Waals surface area contributed by atoms with Gasteiger partial charge in [0.05, 0.1) is 11.2 Å². The van der Waals surface area contributed by atoms with E-state index in [1.165, 1.54) is 0 Å². The van der Waals surface area contributed by atoms with Crippen LogP contribution < -0.4 is 5.32 Å². The molecule has 0 aliphatic carbocycles. The maximum atomic E-state index is 6.45. The van der Waals surface area contributed by atoms with Crippen LogP contribution >= 0.6 is 23.2 Å². The first-order valence-corrected chi connectivity index (χ1v) is 8.91. The average Bonchev–Trinajstić information content (AvgIpc) is 2.96. The first-order valence-electron chi connectivity index (χ1n) is 8.15. The van der Waals surface area contributed by atoms with E-state index in [4.69, 9.17) is 28.2 Å². The summed E-state index contributed by atoms with van der Waals surface area (Å²) in [6.07, 6.45) is 5.34. The molecule has 0 unspecified atom stereocenters. The van der Waals surface area contributed by atoms with Crippen molar-refractivity contribution in [2.75, 3.05) is 5.32 Å². The largest absolute Gasteiger partial charge is 0.339 e. The smallest absolute Gasteiger partial charge is 0.157 e. The molecule has 26 heavy (non-hydrogen) atoms. The van der Waals surface area contributed by atoms with Crippen LogP contribution in [0.15, 0.2) is 55.0 Å². The van der Waals surface area contributed by atoms with Crippen LogP contribution in [0.3, 0.4) is 0 Å². The third-order valence-electron chi connectivity index (χ3n) is 4.34. The highest BCUT2D eigenvalue weighted by molar-refractivity contribution is 6.36. The Balaban J connectivity index is 1.95. The Labute approximate surface area is 161 Å². The Morgan fingerprint density at radius 3 is 2.54 bits per heavy atom. The summed E-state index contributed by atoms with van der Waals surface area (Å²) in [4.78, 5) is 8.91. The second kappa shape index (κ2) is 6.63. The third-order valence-corrected chi connectivity index (χ3v) is 4.89. The van der Waals surface area contributed by atoms with E-state index in [9.17, 15) is 0 Å². The summed E-state index contributed by atoms with van der Waals surface area (Å²) in [6, 6.07) is 11.6. The SMILES string of the molecule is Cc1cccc(C)c1Nc1c(-c2ccc(Cl)cc2Cl)nc2cnccn12. The summed E-state index contributed by atoms with van der Waals surface area (Å²) in [5.41, 5.74) is 5.67. The number of imidazole rings is 1. The van der Waals surface area contributed by atoms with Gasteiger partial charge in [0.25, 0.3) is 0 Å². The molecular formula is C20H16Cl2N4. The number of nitrogens with zero attached hydrogens (tertiary/aromatic N) is 3. The van der Waals surface area contributed by atoms with Crippen LogP contribution in [0, 0.1) is 13.8 Å². The number of aromatic nitrogens is 3. The van der Waals surface area contributed by atoms with Crippen molar-refractivity contribution < 1.29 is 0 Å². The lowest BCUT2D eigenvalue weighted by Crippen LogP contribution is -2.00. The second-order valence-corrected chi connectivity index (χ2v) is 6.97. The summed E-state index contributed by atoms with van der Waals surface area (Å²) < 4.78 is 1.97. The molecule has 4 rings (SSSR count). The molecule has 0 aliphatic heterocycles. The molecule has 4 nitrogen and oxygen atoms in total. The number of aryl methyl sites for hydroxylation is 2. The molecule has 130 valence electrons. The van der Waals surface area contributed by atoms with Gasteiger partial charge < -0.3 is 5.32 Å². The number of nitrogens with one attached hydrogen (secondary N) is 1. The molecule has 0 saturated carbocycles. The van der Waals surface area contributed by atoms with Gasteiger partial charge in [-0.15, -0.1) is 0 Å². The van der Waals surface area contributed by atoms with E-state index >= 15 is 0 Å². The number of benzene rings is 2. The summed E-state index contributed by atoms with van der Waals surface area (Å²) >= 11 is 12.5. The number of anilines is 2. The summed E-state index contributed by atoms with van der Waals surface area (Å²) in [7, 11) is 0. The van der Waals surface area contributed by atoms with Gasteiger partial charge in [0.15, 0.2) is 5.65 Å². The van der Waals surface area contributed by atoms with Gasteiger partial charge in [0, 0.05) is 28.7 Å². The van der Waals surface area contributed by atoms with Gasteiger partial charge >= 0.3 is 0 Å². The van der Waals surface area contributed by atoms with Crippen molar-refractivity contribution in [3.8, 4) is 11.3 Å². The van der Waals surface area contributed by atoms with Crippen LogP contribution in [0.2, 0.25) is 10.0 Å². The molecule has 0 amide bonds. The van der Waals surface area contributed by atoms with E-state index in [-0.39, 0.29) is 0 Å². The monoisotopic (exact) mass is 382 g/mol. The molecule has 0 saturated heterocycles. The van der Waals surface area contributed by atoms with Gasteiger partial charge in [0.1, 0.15) is 11.5 Å². The van der Waals surface area contributed by atoms with E-state index in [0.717, 1.165) is 39.5 Å². The standard InChI is InChI=1S/C20H16Cl2N4/c1-12-4-3-5-13(2)18(12)25-20-19(15-7-6-14(21)10-16(15)22)24-17-11-23-8-9-26(17)20/h3-11,25H,1-2H3. The topological polar surface area (TPSA) is 42.2 Å². The highest BCUT2D eigenvalue weighted by Gasteiger charge is 2.18. The first-order chi connectivity index (χ1) is 12.5. The Bertz CT molecular complexity index is 1100. The molecule has 0 aliphatic rings. The quantitative estimate of drug-likeness (QED) is 0.467. The van der Waals surface area contributed by atoms with Crippen molar-refractivity contribution in [2.45, 2.75) is 13.8 Å². The van der Waals surface area contributed by atoms with E-state index in [0.29, 0.717) is 10.0 Å². The van der Waals surface area contributed by atoms with Gasteiger partial charge in [-0.05, 0) is 43.2 Å². The van der Waals surface area contributed by atoms with Crippen molar-refractivity contribution in [3.63, 3.8) is 0 Å². The van der Waals surface area contributed by atoms with Crippen LogP contribution in [0.25, 0.3) is 16.9 Å². The molecule has 4 aromatic rings. The zero-order chi connectivity index (χ0) is 18.3. The highest BCUT2D eigenvalue weighted by atomic mass is 35.5. The van der Waals surface area contributed by atoms with Gasteiger partial charge in [0.2, 0.25) is 0 Å². The zero-order valence-corrected chi connectivity index (χ0v) is 15.8. The average molecular weight is 383 g/mol. The minimum Gasteiger partial charge on any atom is -0.339 e. The van der Waals surface area contributed by atoms with E-state index in [1.807, 2.05) is 28.8 Å². The molecule has 1 N–H and O–H groups in total.